The fourth-order valence-corrected chi connectivity index (χ4v) is 0.255. The number of allylic oxidation sites excluding steroid dienone is 3. The number of nitrogens with one attached hydrogen (secondary N) is 2. The number of likely N-dealkylation sites (N-methyl/N-ethyl adjacent to an activating group) is 1. The van der Waals surface area contributed by atoms with Crippen molar-refractivity contribution in [2.45, 2.75) is 13.8 Å². The molecule has 0 aliphatic heterocycles. The zero-order chi connectivity index (χ0) is 14.1. The van der Waals surface area contributed by atoms with E-state index in [1.54, 1.807) is 20.0 Å². The van der Waals surface area contributed by atoms with Crippen LogP contribution < -0.4 is 10.8 Å². The van der Waals surface area contributed by atoms with E-state index in [0.717, 1.165) is 18.4 Å². The lowest BCUT2D eigenvalue weighted by Gasteiger charge is -1.97. The number of aldehydes is 1. The van der Waals surface area contributed by atoms with Gasteiger partial charge in [-0.2, -0.15) is 0 Å². The van der Waals surface area contributed by atoms with Crippen molar-refractivity contribution in [2.75, 3.05) is 27.2 Å². The number of carbonyl (C=O) groups excluding carboxylic acids is 1. The summed E-state index contributed by atoms with van der Waals surface area (Å²) in [6, 6.07) is 0. The van der Waals surface area contributed by atoms with Crippen LogP contribution in [-0.4, -0.2) is 33.5 Å². The molecule has 0 radical (unpaired) electrons. The molecule has 0 aliphatic rings. The highest BCUT2D eigenvalue weighted by Crippen LogP contribution is 1.81. The van der Waals surface area contributed by atoms with Gasteiger partial charge >= 0.3 is 0 Å². The van der Waals surface area contributed by atoms with Gasteiger partial charge in [-0.15, -0.1) is 0 Å². The van der Waals surface area contributed by atoms with Gasteiger partial charge in [0.15, 0.2) is 0 Å². The standard InChI is InChI=1S/C5H8.C4H12N2O.C4H6O/c1-4-5(2)3;1-5-3-4-7-6-2;1-4(2)3-5/h4H,1-2H2,3H3;5-6H,3-4H2,1-2H3;3H,1H2,2H3. The molecule has 0 aliphatic carbocycles. The summed E-state index contributed by atoms with van der Waals surface area (Å²) in [6.45, 7) is 15.5. The summed E-state index contributed by atoms with van der Waals surface area (Å²) in [5.41, 5.74) is 4.16. The van der Waals surface area contributed by atoms with Gasteiger partial charge in [0.2, 0.25) is 0 Å². The lowest BCUT2D eigenvalue weighted by Crippen LogP contribution is -2.18. The molecular formula is C13H26N2O2. The van der Waals surface area contributed by atoms with Crippen LogP contribution in [0.2, 0.25) is 0 Å². The summed E-state index contributed by atoms with van der Waals surface area (Å²) >= 11 is 0. The summed E-state index contributed by atoms with van der Waals surface area (Å²) < 4.78 is 0. The van der Waals surface area contributed by atoms with Crippen LogP contribution in [0.5, 0.6) is 0 Å². The van der Waals surface area contributed by atoms with Crippen LogP contribution in [0.4, 0.5) is 0 Å². The zero-order valence-electron chi connectivity index (χ0n) is 11.5. The summed E-state index contributed by atoms with van der Waals surface area (Å²) in [7, 11) is 3.63. The van der Waals surface area contributed by atoms with Gasteiger partial charge in [0.25, 0.3) is 0 Å². The van der Waals surface area contributed by atoms with Gasteiger partial charge in [0, 0.05) is 13.6 Å². The Labute approximate surface area is 105 Å². The molecule has 0 bridgehead atoms. The molecule has 4 heteroatoms. The minimum absolute atomic E-state index is 0.574. The van der Waals surface area contributed by atoms with Crippen LogP contribution >= 0.6 is 0 Å². The third-order valence-electron chi connectivity index (χ3n) is 1.15. The van der Waals surface area contributed by atoms with Gasteiger partial charge in [-0.05, 0) is 26.5 Å². The smallest absolute Gasteiger partial charge is 0.145 e. The van der Waals surface area contributed by atoms with E-state index >= 15 is 0 Å². The molecule has 0 aromatic heterocycles. The molecule has 0 heterocycles. The van der Waals surface area contributed by atoms with Crippen LogP contribution in [0, 0.1) is 0 Å². The van der Waals surface area contributed by atoms with Gasteiger partial charge < -0.3 is 10.2 Å². The number of hydrogen-bond acceptors (Lipinski definition) is 4. The van der Waals surface area contributed by atoms with E-state index in [9.17, 15) is 4.79 Å². The number of hydroxylamine groups is 1. The first-order valence-corrected chi connectivity index (χ1v) is 5.27. The Kier molecular flexibility index (Phi) is 25.1. The van der Waals surface area contributed by atoms with E-state index in [1.807, 2.05) is 14.0 Å². The van der Waals surface area contributed by atoms with Crippen LogP contribution in [0.15, 0.2) is 37.0 Å². The average molecular weight is 242 g/mol. The summed E-state index contributed by atoms with van der Waals surface area (Å²) in [6.07, 6.45) is 2.44. The molecule has 2 N–H and O–H groups in total. The fourth-order valence-electron chi connectivity index (χ4n) is 0.255. The largest absolute Gasteiger partial charge is 0.317 e. The quantitative estimate of drug-likeness (QED) is 0.245. The van der Waals surface area contributed by atoms with E-state index in [-0.39, 0.29) is 0 Å². The van der Waals surface area contributed by atoms with E-state index in [4.69, 9.17) is 4.84 Å². The number of carbonyl (C=O) groups is 1. The monoisotopic (exact) mass is 242 g/mol. The molecule has 0 spiro atoms. The normalized spacial score (nSPS) is 7.76. The van der Waals surface area contributed by atoms with Gasteiger partial charge in [-0.1, -0.05) is 31.4 Å². The second-order valence-electron chi connectivity index (χ2n) is 3.17. The second kappa shape index (κ2) is 20.2. The van der Waals surface area contributed by atoms with Gasteiger partial charge in [-0.3, -0.25) is 4.79 Å². The molecule has 0 fully saturated rings. The molecule has 0 aromatic carbocycles. The van der Waals surface area contributed by atoms with Gasteiger partial charge in [0.05, 0.1) is 6.61 Å². The average Bonchev–Trinajstić information content (AvgIpc) is 2.31. The maximum absolute atomic E-state index is 9.41. The Morgan fingerprint density at radius 3 is 1.82 bits per heavy atom. The minimum atomic E-state index is 0.574. The van der Waals surface area contributed by atoms with Crippen molar-refractivity contribution in [2.24, 2.45) is 0 Å². The first kappa shape index (κ1) is 21.1. The predicted octanol–water partition coefficient (Wildman–Crippen LogP) is 1.87. The van der Waals surface area contributed by atoms with Crippen molar-refractivity contribution in [3.05, 3.63) is 37.0 Å². The molecule has 100 valence electrons. The zero-order valence-corrected chi connectivity index (χ0v) is 11.5. The molecule has 0 rings (SSSR count). The Morgan fingerprint density at radius 2 is 1.65 bits per heavy atom. The fraction of sp³-hybridized carbons (Fsp3) is 0.462. The van der Waals surface area contributed by atoms with Crippen molar-refractivity contribution in [3.8, 4) is 0 Å². The highest BCUT2D eigenvalue weighted by atomic mass is 16.6. The molecule has 0 unspecified atom stereocenters. The van der Waals surface area contributed by atoms with Crippen molar-refractivity contribution < 1.29 is 9.63 Å². The Hall–Kier alpha value is -1.23. The summed E-state index contributed by atoms with van der Waals surface area (Å²) in [4.78, 5) is 14.2. The first-order valence-electron chi connectivity index (χ1n) is 5.27. The van der Waals surface area contributed by atoms with Crippen molar-refractivity contribution >= 4 is 6.29 Å². The highest BCUT2D eigenvalue weighted by Gasteiger charge is 1.76. The molecule has 4 nitrogen and oxygen atoms in total. The Morgan fingerprint density at radius 1 is 1.24 bits per heavy atom. The lowest BCUT2D eigenvalue weighted by molar-refractivity contribution is -0.104. The Balaban J connectivity index is -0.000000177. The van der Waals surface area contributed by atoms with Crippen molar-refractivity contribution in [3.63, 3.8) is 0 Å². The maximum Gasteiger partial charge on any atom is 0.145 e. The van der Waals surface area contributed by atoms with Crippen molar-refractivity contribution in [1.82, 2.24) is 10.8 Å². The third-order valence-corrected chi connectivity index (χ3v) is 1.15. The molecule has 0 amide bonds. The number of rotatable bonds is 6. The summed E-state index contributed by atoms with van der Waals surface area (Å²) in [5, 5.41) is 2.94. The first-order chi connectivity index (χ1) is 7.95. The van der Waals surface area contributed by atoms with E-state index in [0.29, 0.717) is 12.2 Å². The highest BCUT2D eigenvalue weighted by molar-refractivity contribution is 5.70. The van der Waals surface area contributed by atoms with Gasteiger partial charge in [-0.25, -0.2) is 5.48 Å². The molecule has 17 heavy (non-hydrogen) atoms. The summed E-state index contributed by atoms with van der Waals surface area (Å²) in [5.74, 6) is 0. The SMILES string of the molecule is C=C(C)C=O.C=CC(=C)C.CNCCONC. The third kappa shape index (κ3) is 52.6. The maximum atomic E-state index is 9.41. The predicted molar refractivity (Wildman–Crippen MR) is 74.8 cm³/mol. The second-order valence-corrected chi connectivity index (χ2v) is 3.17. The van der Waals surface area contributed by atoms with Crippen LogP contribution in [0.3, 0.4) is 0 Å². The van der Waals surface area contributed by atoms with E-state index < -0.39 is 0 Å². The topological polar surface area (TPSA) is 50.4 Å². The van der Waals surface area contributed by atoms with Crippen LogP contribution in [-0.2, 0) is 9.63 Å². The van der Waals surface area contributed by atoms with Crippen LogP contribution in [0.25, 0.3) is 0 Å². The molecular weight excluding hydrogens is 216 g/mol. The van der Waals surface area contributed by atoms with Gasteiger partial charge in [0.1, 0.15) is 6.29 Å². The Bertz CT molecular complexity index is 191. The molecule has 0 saturated carbocycles. The molecule has 0 atom stereocenters. The van der Waals surface area contributed by atoms with E-state index in [2.05, 4.69) is 30.5 Å². The van der Waals surface area contributed by atoms with Crippen LogP contribution in [0.1, 0.15) is 13.8 Å². The number of hydrogen-bond donors (Lipinski definition) is 2. The van der Waals surface area contributed by atoms with Crippen molar-refractivity contribution in [1.29, 1.82) is 0 Å². The molecule has 0 saturated heterocycles. The van der Waals surface area contributed by atoms with E-state index in [1.165, 1.54) is 0 Å². The molecule has 0 aromatic rings. The lowest BCUT2D eigenvalue weighted by atomic mass is 10.4. The minimum Gasteiger partial charge on any atom is -0.317 e.